The largest absolute Gasteiger partial charge is 0.454 e. The van der Waals surface area contributed by atoms with Crippen molar-refractivity contribution in [2.75, 3.05) is 4.90 Å². The molecule has 1 atom stereocenters. The average molecular weight is 987 g/mol. The predicted octanol–water partition coefficient (Wildman–Crippen LogP) is 18.7. The van der Waals surface area contributed by atoms with Crippen LogP contribution in [0.25, 0.3) is 121 Å². The molecule has 77 heavy (non-hydrogen) atoms. The zero-order valence-electron chi connectivity index (χ0n) is 43.0. The Morgan fingerprint density at radius 2 is 1.18 bits per heavy atom. The minimum absolute atomic E-state index is 0.200. The molecule has 13 aromatic rings. The summed E-state index contributed by atoms with van der Waals surface area (Å²) in [7, 11) is 0. The molecule has 17 rings (SSSR count). The third kappa shape index (κ3) is 5.73. The maximum absolute atomic E-state index is 7.19. The van der Waals surface area contributed by atoms with Crippen molar-refractivity contribution < 1.29 is 4.42 Å². The Hall–Kier alpha value is -9.32. The van der Waals surface area contributed by atoms with Crippen molar-refractivity contribution in [2.45, 2.75) is 50.9 Å². The second-order valence-corrected chi connectivity index (χ2v) is 22.5. The standard InChI is InChI=1S/C72H50N4O/c1-71(2)56-29-15-13-23-48(56)49-36-33-43(40-58(49)71)66-65-50-24-9-7-21-46(50)47-22-8-12-27-53(47)67(65)74-70(73-66)76-59-37-34-42(44-35-38-62-72(3,41-44)57-30-16-17-31-60(57)75(62)45-19-5-4-6-20-45)39-55(59)63-51-25-10-11-26-52(51)64-54-28-14-18-32-61(54)77-69(64)68(63)76/h4-5,7-19,21-40H,6,20,41H2,1-3H3. The van der Waals surface area contributed by atoms with Gasteiger partial charge in [-0.15, -0.1) is 0 Å². The van der Waals surface area contributed by atoms with Gasteiger partial charge in [-0.2, -0.15) is 0 Å². The van der Waals surface area contributed by atoms with E-state index in [1.807, 2.05) is 0 Å². The number of aromatic nitrogens is 3. The Kier molecular flexibility index (Phi) is 8.59. The molecule has 364 valence electrons. The van der Waals surface area contributed by atoms with Gasteiger partial charge in [0.2, 0.25) is 5.95 Å². The molecule has 3 aliphatic carbocycles. The van der Waals surface area contributed by atoms with E-state index in [1.54, 1.807) is 0 Å². The fourth-order valence-electron chi connectivity index (χ4n) is 14.5. The van der Waals surface area contributed by atoms with Gasteiger partial charge in [0.25, 0.3) is 0 Å². The summed E-state index contributed by atoms with van der Waals surface area (Å²) >= 11 is 0. The van der Waals surface area contributed by atoms with Crippen LogP contribution in [0.1, 0.15) is 62.3 Å². The molecular weight excluding hydrogens is 937 g/mol. The van der Waals surface area contributed by atoms with E-state index in [1.165, 1.54) is 72.2 Å². The number of fused-ring (bicyclic) bond motifs is 22. The van der Waals surface area contributed by atoms with Gasteiger partial charge in [0.05, 0.1) is 16.7 Å². The highest BCUT2D eigenvalue weighted by Gasteiger charge is 2.46. The summed E-state index contributed by atoms with van der Waals surface area (Å²) in [6, 6.07) is 67.0. The maximum Gasteiger partial charge on any atom is 0.235 e. The quantitative estimate of drug-likeness (QED) is 0.165. The van der Waals surface area contributed by atoms with E-state index in [9.17, 15) is 0 Å². The van der Waals surface area contributed by atoms with Crippen LogP contribution in [-0.4, -0.2) is 14.5 Å². The Bertz CT molecular complexity index is 4960. The van der Waals surface area contributed by atoms with Crippen molar-refractivity contribution in [3.63, 3.8) is 0 Å². The highest BCUT2D eigenvalue weighted by atomic mass is 16.3. The molecule has 4 aliphatic rings. The maximum atomic E-state index is 7.19. The van der Waals surface area contributed by atoms with Crippen molar-refractivity contribution in [3.05, 3.63) is 246 Å². The van der Waals surface area contributed by atoms with Gasteiger partial charge in [-0.3, -0.25) is 4.57 Å². The normalized spacial score (nSPS) is 17.4. The van der Waals surface area contributed by atoms with E-state index < -0.39 is 0 Å². The van der Waals surface area contributed by atoms with Gasteiger partial charge in [0.1, 0.15) is 11.1 Å². The lowest BCUT2D eigenvalue weighted by molar-refractivity contribution is 0.581. The van der Waals surface area contributed by atoms with E-state index in [0.717, 1.165) is 101 Å². The van der Waals surface area contributed by atoms with Crippen molar-refractivity contribution in [2.24, 2.45) is 0 Å². The first-order valence-corrected chi connectivity index (χ1v) is 27.2. The number of hydrogen-bond acceptors (Lipinski definition) is 4. The van der Waals surface area contributed by atoms with Gasteiger partial charge in [0, 0.05) is 65.8 Å². The van der Waals surface area contributed by atoms with E-state index in [2.05, 4.69) is 243 Å². The van der Waals surface area contributed by atoms with E-state index in [4.69, 9.17) is 14.4 Å². The number of anilines is 1. The van der Waals surface area contributed by atoms with Gasteiger partial charge in [-0.1, -0.05) is 184 Å². The Balaban J connectivity index is 0.973. The van der Waals surface area contributed by atoms with Crippen LogP contribution < -0.4 is 4.90 Å². The second-order valence-electron chi connectivity index (χ2n) is 22.5. The predicted molar refractivity (Wildman–Crippen MR) is 320 cm³/mol. The number of allylic oxidation sites excluding steroid dienone is 8. The molecular formula is C72H50N4O. The van der Waals surface area contributed by atoms with Crippen molar-refractivity contribution in [1.82, 2.24) is 14.5 Å². The average Bonchev–Trinajstić information content (AvgIpc) is 4.36. The summed E-state index contributed by atoms with van der Waals surface area (Å²) in [4.78, 5) is 14.3. The number of hydrogen-bond donors (Lipinski definition) is 0. The molecule has 10 aromatic carbocycles. The molecule has 0 radical (unpaired) electrons. The Morgan fingerprint density at radius 3 is 1.99 bits per heavy atom. The minimum Gasteiger partial charge on any atom is -0.454 e. The van der Waals surface area contributed by atoms with Gasteiger partial charge in [-0.25, -0.2) is 9.97 Å². The Labute approximate surface area is 445 Å². The molecule has 5 nitrogen and oxygen atoms in total. The SMILES string of the molecule is CC12CC(c3ccc4c(c3)c3c5ccccc5c5c6ccccc6oc5c3n4-c3nc(-c4ccc5c(c4)C(C)(C)c4ccccc4-5)c4c5ccccc5c5ccccc5c4n3)=CC=C1N(C1=CC=CCC1)c1ccccc12. The lowest BCUT2D eigenvalue weighted by Crippen LogP contribution is -2.30. The highest BCUT2D eigenvalue weighted by molar-refractivity contribution is 6.35. The molecule has 0 saturated heterocycles. The van der Waals surface area contributed by atoms with E-state index in [-0.39, 0.29) is 10.8 Å². The molecule has 0 saturated carbocycles. The number of para-hydroxylation sites is 2. The molecule has 0 spiro atoms. The van der Waals surface area contributed by atoms with Crippen molar-refractivity contribution in [3.8, 4) is 28.3 Å². The summed E-state index contributed by atoms with van der Waals surface area (Å²) in [5, 5.41) is 12.4. The van der Waals surface area contributed by atoms with Crippen LogP contribution in [0.3, 0.4) is 0 Å². The van der Waals surface area contributed by atoms with Crippen molar-refractivity contribution in [1.29, 1.82) is 0 Å². The molecule has 0 N–H and O–H groups in total. The molecule has 0 fully saturated rings. The summed E-state index contributed by atoms with van der Waals surface area (Å²) in [5.41, 5.74) is 19.3. The molecule has 0 amide bonds. The minimum atomic E-state index is -0.212. The van der Waals surface area contributed by atoms with Crippen LogP contribution in [0.4, 0.5) is 5.69 Å². The van der Waals surface area contributed by atoms with Gasteiger partial charge >= 0.3 is 0 Å². The smallest absolute Gasteiger partial charge is 0.235 e. The van der Waals surface area contributed by atoms with E-state index in [0.29, 0.717) is 5.95 Å². The van der Waals surface area contributed by atoms with Crippen LogP contribution in [-0.2, 0) is 10.8 Å². The third-order valence-corrected chi connectivity index (χ3v) is 18.0. The lowest BCUT2D eigenvalue weighted by atomic mass is 9.72. The summed E-state index contributed by atoms with van der Waals surface area (Å²) in [6.45, 7) is 7.16. The molecule has 0 bridgehead atoms. The highest BCUT2D eigenvalue weighted by Crippen LogP contribution is 2.57. The zero-order chi connectivity index (χ0) is 50.9. The van der Waals surface area contributed by atoms with Crippen LogP contribution in [0.15, 0.2) is 228 Å². The fraction of sp³-hybridized carbons (Fsp3) is 0.111. The summed E-state index contributed by atoms with van der Waals surface area (Å²) < 4.78 is 9.52. The van der Waals surface area contributed by atoms with Gasteiger partial charge < -0.3 is 9.32 Å². The van der Waals surface area contributed by atoms with Crippen molar-refractivity contribution >= 4 is 98.2 Å². The third-order valence-electron chi connectivity index (χ3n) is 18.0. The number of rotatable bonds is 4. The van der Waals surface area contributed by atoms with Crippen LogP contribution in [0.2, 0.25) is 0 Å². The first-order valence-electron chi connectivity index (χ1n) is 27.2. The first kappa shape index (κ1) is 43.0. The second kappa shape index (κ2) is 15.4. The summed E-state index contributed by atoms with van der Waals surface area (Å²) in [5.74, 6) is 0.604. The fourth-order valence-corrected chi connectivity index (χ4v) is 14.5. The topological polar surface area (TPSA) is 47.1 Å². The molecule has 5 heteroatoms. The van der Waals surface area contributed by atoms with Gasteiger partial charge in [-0.05, 0) is 135 Å². The summed E-state index contributed by atoms with van der Waals surface area (Å²) in [6.07, 6.45) is 14.5. The lowest BCUT2D eigenvalue weighted by Gasteiger charge is -2.35. The van der Waals surface area contributed by atoms with Crippen LogP contribution >= 0.6 is 0 Å². The molecule has 1 aliphatic heterocycles. The number of nitrogens with zero attached hydrogens (tertiary/aromatic N) is 4. The number of furan rings is 1. The van der Waals surface area contributed by atoms with E-state index >= 15 is 0 Å². The molecule has 3 aromatic heterocycles. The molecule has 4 heterocycles. The molecule has 1 unspecified atom stereocenters. The monoisotopic (exact) mass is 986 g/mol. The van der Waals surface area contributed by atoms with Crippen LogP contribution in [0, 0.1) is 0 Å². The zero-order valence-corrected chi connectivity index (χ0v) is 43.0. The first-order chi connectivity index (χ1) is 37.8. The van der Waals surface area contributed by atoms with Crippen LogP contribution in [0.5, 0.6) is 0 Å². The van der Waals surface area contributed by atoms with Gasteiger partial charge in [0.15, 0.2) is 5.58 Å². The Morgan fingerprint density at radius 1 is 0.519 bits per heavy atom. The number of benzene rings is 10.